The van der Waals surface area contributed by atoms with E-state index < -0.39 is 22.4 Å². The maximum Gasteiger partial charge on any atom is 0.283 e. The van der Waals surface area contributed by atoms with Crippen LogP contribution in [0.3, 0.4) is 0 Å². The van der Waals surface area contributed by atoms with Crippen molar-refractivity contribution in [2.75, 3.05) is 6.54 Å². The van der Waals surface area contributed by atoms with E-state index in [0.717, 1.165) is 11.3 Å². The predicted molar refractivity (Wildman–Crippen MR) is 111 cm³/mol. The Morgan fingerprint density at radius 3 is 2.53 bits per heavy atom. The van der Waals surface area contributed by atoms with Gasteiger partial charge in [0.1, 0.15) is 5.56 Å². The van der Waals surface area contributed by atoms with Gasteiger partial charge in [-0.2, -0.15) is 5.10 Å². The van der Waals surface area contributed by atoms with Crippen LogP contribution in [-0.2, 0) is 11.3 Å². The average molecular weight is 448 g/mol. The highest BCUT2D eigenvalue weighted by Crippen LogP contribution is 2.25. The van der Waals surface area contributed by atoms with Crippen LogP contribution in [-0.4, -0.2) is 33.1 Å². The number of hydrogen-bond acceptors (Lipinski definition) is 5. The minimum atomic E-state index is -0.807. The zero-order valence-electron chi connectivity index (χ0n) is 15.3. The molecule has 0 radical (unpaired) electrons. The van der Waals surface area contributed by atoms with Crippen molar-refractivity contribution in [1.29, 1.82) is 0 Å². The summed E-state index contributed by atoms with van der Waals surface area (Å²) in [6.45, 7) is -0.179. The van der Waals surface area contributed by atoms with E-state index in [9.17, 15) is 19.7 Å². The van der Waals surface area contributed by atoms with Crippen LogP contribution in [0.2, 0.25) is 10.0 Å². The van der Waals surface area contributed by atoms with Crippen LogP contribution in [0.4, 0.5) is 5.69 Å². The molecule has 2 N–H and O–H groups in total. The molecule has 1 heterocycles. The Bertz CT molecular complexity index is 1100. The molecule has 1 aromatic heterocycles. The van der Waals surface area contributed by atoms with Crippen molar-refractivity contribution in [3.05, 3.63) is 86.1 Å². The molecule has 0 atom stereocenters. The third kappa shape index (κ3) is 5.13. The fourth-order valence-electron chi connectivity index (χ4n) is 2.59. The van der Waals surface area contributed by atoms with Crippen molar-refractivity contribution >= 4 is 40.7 Å². The SMILES string of the molecule is O=C(CNC(=O)c1c(Cl)cccc1[N+](=O)[O-])NCc1cnn(-c2ccc(Cl)cc2)c1. The van der Waals surface area contributed by atoms with Crippen LogP contribution in [0.15, 0.2) is 54.9 Å². The van der Waals surface area contributed by atoms with Crippen molar-refractivity contribution in [1.82, 2.24) is 20.4 Å². The standard InChI is InChI=1S/C19H15Cl2N5O4/c20-13-4-6-14(7-5-13)25-11-12(9-24-25)8-22-17(27)10-23-19(28)18-15(21)2-1-3-16(18)26(29)30/h1-7,9,11H,8,10H2,(H,22,27)(H,23,28). The highest BCUT2D eigenvalue weighted by Gasteiger charge is 2.23. The maximum absolute atomic E-state index is 12.3. The second kappa shape index (κ2) is 9.38. The molecule has 0 saturated heterocycles. The number of carbonyl (C=O) groups is 2. The van der Waals surface area contributed by atoms with E-state index in [1.165, 1.54) is 18.2 Å². The van der Waals surface area contributed by atoms with Crippen molar-refractivity contribution in [3.8, 4) is 5.69 Å². The van der Waals surface area contributed by atoms with E-state index >= 15 is 0 Å². The minimum Gasteiger partial charge on any atom is -0.350 e. The lowest BCUT2D eigenvalue weighted by Gasteiger charge is -2.08. The molecule has 30 heavy (non-hydrogen) atoms. The monoisotopic (exact) mass is 447 g/mol. The van der Waals surface area contributed by atoms with Gasteiger partial charge in [-0.1, -0.05) is 29.3 Å². The first-order chi connectivity index (χ1) is 14.3. The molecule has 0 bridgehead atoms. The molecule has 0 aliphatic rings. The zero-order valence-corrected chi connectivity index (χ0v) is 16.9. The fraction of sp³-hybridized carbons (Fsp3) is 0.105. The van der Waals surface area contributed by atoms with E-state index in [1.807, 2.05) is 0 Å². The van der Waals surface area contributed by atoms with E-state index in [1.54, 1.807) is 41.3 Å². The number of hydrogen-bond donors (Lipinski definition) is 2. The van der Waals surface area contributed by atoms with Gasteiger partial charge in [0.25, 0.3) is 11.6 Å². The summed E-state index contributed by atoms with van der Waals surface area (Å²) in [7, 11) is 0. The molecule has 154 valence electrons. The lowest BCUT2D eigenvalue weighted by Crippen LogP contribution is -2.36. The van der Waals surface area contributed by atoms with Crippen molar-refractivity contribution < 1.29 is 14.5 Å². The van der Waals surface area contributed by atoms with Crippen LogP contribution < -0.4 is 10.6 Å². The summed E-state index contributed by atoms with van der Waals surface area (Å²) in [5.74, 6) is -1.28. The number of amides is 2. The lowest BCUT2D eigenvalue weighted by molar-refractivity contribution is -0.385. The Kier molecular flexibility index (Phi) is 6.65. The van der Waals surface area contributed by atoms with Gasteiger partial charge in [0, 0.05) is 29.4 Å². The number of nitro groups is 1. The third-order valence-corrected chi connectivity index (χ3v) is 4.61. The first-order valence-corrected chi connectivity index (χ1v) is 9.38. The van der Waals surface area contributed by atoms with Crippen LogP contribution in [0.25, 0.3) is 5.69 Å². The van der Waals surface area contributed by atoms with Gasteiger partial charge in [0.05, 0.1) is 28.4 Å². The molecule has 0 aliphatic heterocycles. The van der Waals surface area contributed by atoms with Gasteiger partial charge in [0.15, 0.2) is 0 Å². The number of aromatic nitrogens is 2. The van der Waals surface area contributed by atoms with Crippen LogP contribution >= 0.6 is 23.2 Å². The lowest BCUT2D eigenvalue weighted by atomic mass is 10.1. The van der Waals surface area contributed by atoms with E-state index in [4.69, 9.17) is 23.2 Å². The number of carbonyl (C=O) groups excluding carboxylic acids is 2. The van der Waals surface area contributed by atoms with Crippen molar-refractivity contribution in [2.45, 2.75) is 6.54 Å². The quantitative estimate of drug-likeness (QED) is 0.425. The molecule has 0 saturated carbocycles. The van der Waals surface area contributed by atoms with Gasteiger partial charge in [-0.25, -0.2) is 4.68 Å². The van der Waals surface area contributed by atoms with E-state index in [0.29, 0.717) is 5.02 Å². The number of halogens is 2. The molecule has 3 aromatic rings. The third-order valence-electron chi connectivity index (χ3n) is 4.04. The van der Waals surface area contributed by atoms with E-state index in [2.05, 4.69) is 15.7 Å². The molecule has 0 fully saturated rings. The zero-order chi connectivity index (χ0) is 21.7. The smallest absolute Gasteiger partial charge is 0.283 e. The van der Waals surface area contributed by atoms with Crippen molar-refractivity contribution in [2.24, 2.45) is 0 Å². The highest BCUT2D eigenvalue weighted by atomic mass is 35.5. The maximum atomic E-state index is 12.3. The van der Waals surface area contributed by atoms with Gasteiger partial charge in [-0.05, 0) is 30.3 Å². The Labute approximate surface area is 180 Å². The largest absolute Gasteiger partial charge is 0.350 e. The molecule has 2 amide bonds. The van der Waals surface area contributed by atoms with Gasteiger partial charge in [0.2, 0.25) is 5.91 Å². The predicted octanol–water partition coefficient (Wildman–Crippen LogP) is 3.13. The summed E-state index contributed by atoms with van der Waals surface area (Å²) in [4.78, 5) is 34.6. The van der Waals surface area contributed by atoms with Gasteiger partial charge >= 0.3 is 0 Å². The second-order valence-electron chi connectivity index (χ2n) is 6.12. The Balaban J connectivity index is 1.54. The second-order valence-corrected chi connectivity index (χ2v) is 6.96. The first kappa shape index (κ1) is 21.3. The molecule has 0 aliphatic carbocycles. The first-order valence-electron chi connectivity index (χ1n) is 8.62. The Morgan fingerprint density at radius 1 is 1.10 bits per heavy atom. The van der Waals surface area contributed by atoms with Gasteiger partial charge in [-0.3, -0.25) is 19.7 Å². The summed E-state index contributed by atoms with van der Waals surface area (Å²) in [6, 6.07) is 11.0. The summed E-state index contributed by atoms with van der Waals surface area (Å²) in [5, 5.41) is 20.8. The molecule has 2 aromatic carbocycles. The summed E-state index contributed by atoms with van der Waals surface area (Å²) in [6.07, 6.45) is 3.34. The van der Waals surface area contributed by atoms with Crippen LogP contribution in [0, 0.1) is 10.1 Å². The Morgan fingerprint density at radius 2 is 1.83 bits per heavy atom. The summed E-state index contributed by atoms with van der Waals surface area (Å²) in [5.41, 5.74) is 0.827. The normalized spacial score (nSPS) is 10.5. The molecule has 0 spiro atoms. The van der Waals surface area contributed by atoms with Gasteiger partial charge < -0.3 is 10.6 Å². The number of nitrogens with zero attached hydrogens (tertiary/aromatic N) is 3. The average Bonchev–Trinajstić information content (AvgIpc) is 3.19. The minimum absolute atomic E-state index is 0.0725. The molecule has 3 rings (SSSR count). The van der Waals surface area contributed by atoms with Crippen LogP contribution in [0.1, 0.15) is 15.9 Å². The highest BCUT2D eigenvalue weighted by molar-refractivity contribution is 6.34. The molecular formula is C19H15Cl2N5O4. The van der Waals surface area contributed by atoms with Crippen LogP contribution in [0.5, 0.6) is 0 Å². The molecule has 11 heteroatoms. The topological polar surface area (TPSA) is 119 Å². The van der Waals surface area contributed by atoms with Crippen molar-refractivity contribution in [3.63, 3.8) is 0 Å². The number of benzene rings is 2. The fourth-order valence-corrected chi connectivity index (χ4v) is 2.97. The van der Waals surface area contributed by atoms with E-state index in [-0.39, 0.29) is 23.7 Å². The molecule has 0 unspecified atom stereocenters. The van der Waals surface area contributed by atoms with Gasteiger partial charge in [-0.15, -0.1) is 0 Å². The number of nitrogens with one attached hydrogen (secondary N) is 2. The Hall–Kier alpha value is -3.43. The number of rotatable bonds is 7. The summed E-state index contributed by atoms with van der Waals surface area (Å²) >= 11 is 11.8. The summed E-state index contributed by atoms with van der Waals surface area (Å²) < 4.78 is 1.64. The number of nitro benzene ring substituents is 1. The molecule has 9 nitrogen and oxygen atoms in total. The molecular weight excluding hydrogens is 433 g/mol.